The van der Waals surface area contributed by atoms with Crippen LogP contribution in [0.3, 0.4) is 0 Å². The zero-order chi connectivity index (χ0) is 18.0. The standard InChI is InChI=1S/C16H22N6O3/c1-10-6-11(2)9-21(8-10)15-13(22(23)24)14(17)19-16(20-15)18-7-12-4-3-5-25-12/h3-5,10-11H,6-9H2,1-2H3,(H3,17,18,19,20)/t10-,11-/m1/s1. The number of nitrogen functional groups attached to an aromatic ring is 1. The Bertz CT molecular complexity index is 739. The molecule has 1 aliphatic heterocycles. The normalized spacial score (nSPS) is 20.5. The van der Waals surface area contributed by atoms with Crippen LogP contribution in [0, 0.1) is 22.0 Å². The molecule has 25 heavy (non-hydrogen) atoms. The molecule has 0 bridgehead atoms. The molecule has 2 aromatic heterocycles. The molecular weight excluding hydrogens is 324 g/mol. The van der Waals surface area contributed by atoms with Gasteiger partial charge in [-0.2, -0.15) is 9.97 Å². The van der Waals surface area contributed by atoms with Gasteiger partial charge < -0.3 is 20.4 Å². The van der Waals surface area contributed by atoms with E-state index < -0.39 is 4.92 Å². The summed E-state index contributed by atoms with van der Waals surface area (Å²) in [7, 11) is 0. The molecule has 2 aromatic rings. The Hall–Kier alpha value is -2.84. The minimum absolute atomic E-state index is 0.136. The van der Waals surface area contributed by atoms with Crippen LogP contribution >= 0.6 is 0 Å². The van der Waals surface area contributed by atoms with E-state index in [0.717, 1.165) is 6.42 Å². The molecule has 1 fully saturated rings. The molecule has 0 spiro atoms. The summed E-state index contributed by atoms with van der Waals surface area (Å²) in [5, 5.41) is 14.5. The molecule has 0 aromatic carbocycles. The average Bonchev–Trinajstić information content (AvgIpc) is 3.04. The SMILES string of the molecule is C[C@@H]1C[C@@H](C)CN(c2nc(NCc3ccco3)nc(N)c2[N+](=O)[O-])C1. The summed E-state index contributed by atoms with van der Waals surface area (Å²) >= 11 is 0. The van der Waals surface area contributed by atoms with Gasteiger partial charge in [0.05, 0.1) is 17.7 Å². The third-order valence-corrected chi connectivity index (χ3v) is 4.24. The summed E-state index contributed by atoms with van der Waals surface area (Å²) in [6.45, 7) is 6.05. The number of furan rings is 1. The maximum atomic E-state index is 11.5. The number of nitrogens with two attached hydrogens (primary N) is 1. The van der Waals surface area contributed by atoms with E-state index in [4.69, 9.17) is 10.2 Å². The van der Waals surface area contributed by atoms with Crippen LogP contribution in [0.5, 0.6) is 0 Å². The van der Waals surface area contributed by atoms with E-state index in [2.05, 4.69) is 29.1 Å². The minimum atomic E-state index is -0.509. The van der Waals surface area contributed by atoms with E-state index in [9.17, 15) is 10.1 Å². The van der Waals surface area contributed by atoms with Crippen LogP contribution in [0.2, 0.25) is 0 Å². The fourth-order valence-corrected chi connectivity index (χ4v) is 3.35. The van der Waals surface area contributed by atoms with E-state index in [1.165, 1.54) is 0 Å². The van der Waals surface area contributed by atoms with Crippen molar-refractivity contribution in [2.75, 3.05) is 29.0 Å². The molecular formula is C16H22N6O3. The second-order valence-corrected chi connectivity index (χ2v) is 6.65. The molecule has 0 radical (unpaired) electrons. The minimum Gasteiger partial charge on any atom is -0.467 e. The molecule has 0 aliphatic carbocycles. The molecule has 0 amide bonds. The quantitative estimate of drug-likeness (QED) is 0.625. The molecule has 0 unspecified atom stereocenters. The lowest BCUT2D eigenvalue weighted by atomic mass is 9.92. The third kappa shape index (κ3) is 3.81. The van der Waals surface area contributed by atoms with Crippen LogP contribution < -0.4 is 16.0 Å². The Morgan fingerprint density at radius 2 is 2.12 bits per heavy atom. The van der Waals surface area contributed by atoms with Gasteiger partial charge in [0.2, 0.25) is 17.6 Å². The van der Waals surface area contributed by atoms with Gasteiger partial charge in [0.15, 0.2) is 0 Å². The largest absolute Gasteiger partial charge is 0.467 e. The van der Waals surface area contributed by atoms with Crippen LogP contribution in [0.1, 0.15) is 26.0 Å². The molecule has 3 heterocycles. The van der Waals surface area contributed by atoms with Gasteiger partial charge in [0.1, 0.15) is 5.76 Å². The molecule has 9 heteroatoms. The first-order valence-electron chi connectivity index (χ1n) is 8.27. The summed E-state index contributed by atoms with van der Waals surface area (Å²) < 4.78 is 5.25. The van der Waals surface area contributed by atoms with Crippen molar-refractivity contribution < 1.29 is 9.34 Å². The lowest BCUT2D eigenvalue weighted by Crippen LogP contribution is -2.39. The summed E-state index contributed by atoms with van der Waals surface area (Å²) in [5.41, 5.74) is 5.63. The summed E-state index contributed by atoms with van der Waals surface area (Å²) in [6, 6.07) is 3.60. The first kappa shape index (κ1) is 17.0. The van der Waals surface area contributed by atoms with Crippen LogP contribution in [0.25, 0.3) is 0 Å². The summed E-state index contributed by atoms with van der Waals surface area (Å²) in [6.07, 6.45) is 2.67. The lowest BCUT2D eigenvalue weighted by Gasteiger charge is -2.35. The zero-order valence-electron chi connectivity index (χ0n) is 14.3. The van der Waals surface area contributed by atoms with Gasteiger partial charge >= 0.3 is 5.69 Å². The number of nitro groups is 1. The summed E-state index contributed by atoms with van der Waals surface area (Å²) in [4.78, 5) is 21.3. The number of hydrogen-bond acceptors (Lipinski definition) is 8. The Balaban J connectivity index is 1.91. The molecule has 134 valence electrons. The predicted octanol–water partition coefficient (Wildman–Crippen LogP) is 2.65. The van der Waals surface area contributed by atoms with Gasteiger partial charge in [0.25, 0.3) is 0 Å². The maximum Gasteiger partial charge on any atom is 0.353 e. The van der Waals surface area contributed by atoms with Crippen molar-refractivity contribution in [3.05, 3.63) is 34.3 Å². The van der Waals surface area contributed by atoms with Gasteiger partial charge in [-0.3, -0.25) is 10.1 Å². The van der Waals surface area contributed by atoms with Gasteiger partial charge in [-0.25, -0.2) is 0 Å². The van der Waals surface area contributed by atoms with Gasteiger partial charge in [0, 0.05) is 13.1 Å². The smallest absolute Gasteiger partial charge is 0.353 e. The molecule has 3 rings (SSSR count). The molecule has 0 saturated carbocycles. The van der Waals surface area contributed by atoms with Gasteiger partial charge in [-0.05, 0) is 30.4 Å². The number of piperidine rings is 1. The fraction of sp³-hybridized carbons (Fsp3) is 0.500. The Morgan fingerprint density at radius 1 is 1.40 bits per heavy atom. The maximum absolute atomic E-state index is 11.5. The highest BCUT2D eigenvalue weighted by Crippen LogP contribution is 2.35. The highest BCUT2D eigenvalue weighted by Gasteiger charge is 2.31. The molecule has 9 nitrogen and oxygen atoms in total. The van der Waals surface area contributed by atoms with Crippen molar-refractivity contribution in [1.82, 2.24) is 9.97 Å². The van der Waals surface area contributed by atoms with E-state index >= 15 is 0 Å². The number of nitrogens with one attached hydrogen (secondary N) is 1. The summed E-state index contributed by atoms with van der Waals surface area (Å²) in [5.74, 6) is 1.96. The van der Waals surface area contributed by atoms with Crippen LogP contribution in [0.15, 0.2) is 22.8 Å². The number of hydrogen-bond donors (Lipinski definition) is 2. The highest BCUT2D eigenvalue weighted by atomic mass is 16.6. The second-order valence-electron chi connectivity index (χ2n) is 6.65. The van der Waals surface area contributed by atoms with Crippen molar-refractivity contribution in [2.24, 2.45) is 11.8 Å². The van der Waals surface area contributed by atoms with Crippen LogP contribution in [-0.2, 0) is 6.54 Å². The Labute approximate surface area is 145 Å². The number of rotatable bonds is 5. The third-order valence-electron chi connectivity index (χ3n) is 4.24. The van der Waals surface area contributed by atoms with Crippen molar-refractivity contribution in [3.63, 3.8) is 0 Å². The number of aromatic nitrogens is 2. The Morgan fingerprint density at radius 3 is 2.72 bits per heavy atom. The van der Waals surface area contributed by atoms with Crippen molar-refractivity contribution >= 4 is 23.3 Å². The lowest BCUT2D eigenvalue weighted by molar-refractivity contribution is -0.383. The van der Waals surface area contributed by atoms with E-state index in [-0.39, 0.29) is 23.3 Å². The van der Waals surface area contributed by atoms with Crippen LogP contribution in [0.4, 0.5) is 23.3 Å². The Kier molecular flexibility index (Phi) is 4.73. The van der Waals surface area contributed by atoms with E-state index in [1.54, 1.807) is 12.3 Å². The first-order chi connectivity index (χ1) is 11.9. The van der Waals surface area contributed by atoms with Gasteiger partial charge in [-0.1, -0.05) is 13.8 Å². The fourth-order valence-electron chi connectivity index (χ4n) is 3.35. The number of nitrogens with zero attached hydrogens (tertiary/aromatic N) is 4. The van der Waals surface area contributed by atoms with Crippen molar-refractivity contribution in [3.8, 4) is 0 Å². The zero-order valence-corrected chi connectivity index (χ0v) is 14.3. The molecule has 3 N–H and O–H groups in total. The van der Waals surface area contributed by atoms with Gasteiger partial charge in [-0.15, -0.1) is 0 Å². The molecule has 2 atom stereocenters. The monoisotopic (exact) mass is 346 g/mol. The average molecular weight is 346 g/mol. The van der Waals surface area contributed by atoms with Crippen LogP contribution in [-0.4, -0.2) is 28.0 Å². The second kappa shape index (κ2) is 6.96. The van der Waals surface area contributed by atoms with Crippen molar-refractivity contribution in [2.45, 2.75) is 26.8 Å². The predicted molar refractivity (Wildman–Crippen MR) is 94.3 cm³/mol. The topological polar surface area (TPSA) is 123 Å². The van der Waals surface area contributed by atoms with E-state index in [1.807, 2.05) is 11.0 Å². The van der Waals surface area contributed by atoms with Crippen molar-refractivity contribution in [1.29, 1.82) is 0 Å². The van der Waals surface area contributed by atoms with E-state index in [0.29, 0.717) is 37.2 Å². The highest BCUT2D eigenvalue weighted by molar-refractivity contribution is 5.71. The number of anilines is 3. The molecule has 1 saturated heterocycles. The molecule has 1 aliphatic rings. The first-order valence-corrected chi connectivity index (χ1v) is 8.27.